The Kier molecular flexibility index (Phi) is 12.9. The summed E-state index contributed by atoms with van der Waals surface area (Å²) in [7, 11) is 1.70. The first-order valence-corrected chi connectivity index (χ1v) is 19.5. The molecule has 1 N–H and O–H groups in total. The average molecular weight is 785 g/mol. The van der Waals surface area contributed by atoms with Gasteiger partial charge < -0.3 is 29.0 Å². The molecule has 292 valence electrons. The maximum absolute atomic E-state index is 13.0. The molecule has 0 radical (unpaired) electrons. The molecule has 2 spiro atoms. The predicted molar refractivity (Wildman–Crippen MR) is 207 cm³/mol. The van der Waals surface area contributed by atoms with E-state index in [-0.39, 0.29) is 30.2 Å². The molecule has 0 saturated heterocycles. The third kappa shape index (κ3) is 8.51. The summed E-state index contributed by atoms with van der Waals surface area (Å²) in [6.07, 6.45) is 7.04. The highest BCUT2D eigenvalue weighted by molar-refractivity contribution is 6.37. The highest BCUT2D eigenvalue weighted by Crippen LogP contribution is 2.49. The van der Waals surface area contributed by atoms with Crippen molar-refractivity contribution in [1.82, 2.24) is 5.32 Å². The van der Waals surface area contributed by atoms with Crippen molar-refractivity contribution in [3.8, 4) is 0 Å². The van der Waals surface area contributed by atoms with Crippen LogP contribution in [0.25, 0.3) is 11.1 Å². The van der Waals surface area contributed by atoms with Gasteiger partial charge in [-0.1, -0.05) is 66.4 Å². The lowest BCUT2D eigenvalue weighted by Gasteiger charge is -2.37. The SMILES string of the molecule is CCC(C)(C)C(=O)OC1=C(c2ccc(Cl)cc2Cl)C(=O)OC12CCCCC2.CCOC(=O)OC1=C(c2cc(C)ccc2C)C(=O)NC12CCC(OC)CC2. The molecule has 0 unspecified atom stereocenters. The fraction of sp³-hybridized carbons (Fsp3) is 0.524. The van der Waals surface area contributed by atoms with Crippen molar-refractivity contribution in [3.63, 3.8) is 0 Å². The molecular formula is C42H51Cl2NO9. The summed E-state index contributed by atoms with van der Waals surface area (Å²) in [5, 5.41) is 3.90. The fourth-order valence-corrected chi connectivity index (χ4v) is 7.97. The lowest BCUT2D eigenvalue weighted by Crippen LogP contribution is -2.49. The maximum Gasteiger partial charge on any atom is 0.513 e. The molecule has 2 aliphatic carbocycles. The van der Waals surface area contributed by atoms with Gasteiger partial charge in [-0.05, 0) is 116 Å². The highest BCUT2D eigenvalue weighted by atomic mass is 35.5. The summed E-state index contributed by atoms with van der Waals surface area (Å²) < 4.78 is 27.8. The van der Waals surface area contributed by atoms with Gasteiger partial charge >= 0.3 is 18.1 Å². The Morgan fingerprint density at radius 1 is 0.889 bits per heavy atom. The first kappa shape index (κ1) is 41.3. The molecule has 2 saturated carbocycles. The molecule has 2 aliphatic heterocycles. The normalized spacial score (nSPS) is 22.1. The Balaban J connectivity index is 0.000000208. The lowest BCUT2D eigenvalue weighted by atomic mass is 9.79. The number of hydrogen-bond donors (Lipinski definition) is 1. The smallest absolute Gasteiger partial charge is 0.447 e. The number of esters is 2. The molecule has 2 fully saturated rings. The zero-order valence-corrected chi connectivity index (χ0v) is 33.8. The van der Waals surface area contributed by atoms with Gasteiger partial charge in [-0.2, -0.15) is 0 Å². The van der Waals surface area contributed by atoms with Crippen molar-refractivity contribution < 1.29 is 42.9 Å². The van der Waals surface area contributed by atoms with Crippen LogP contribution in [0.15, 0.2) is 47.9 Å². The molecule has 2 aromatic rings. The summed E-state index contributed by atoms with van der Waals surface area (Å²) in [5.41, 5.74) is 1.69. The molecule has 2 heterocycles. The Labute approximate surface area is 327 Å². The molecule has 54 heavy (non-hydrogen) atoms. The molecule has 0 aromatic heterocycles. The van der Waals surface area contributed by atoms with E-state index in [0.29, 0.717) is 64.8 Å². The van der Waals surface area contributed by atoms with Gasteiger partial charge in [-0.3, -0.25) is 9.59 Å². The fourth-order valence-electron chi connectivity index (χ4n) is 7.47. The van der Waals surface area contributed by atoms with E-state index in [2.05, 4.69) is 5.32 Å². The van der Waals surface area contributed by atoms with Crippen LogP contribution >= 0.6 is 23.2 Å². The van der Waals surface area contributed by atoms with Crippen molar-refractivity contribution >= 4 is 58.3 Å². The van der Waals surface area contributed by atoms with Crippen LogP contribution in [0.3, 0.4) is 0 Å². The average Bonchev–Trinajstić information content (AvgIpc) is 3.54. The Hall–Kier alpha value is -3.86. The number of rotatable bonds is 8. The van der Waals surface area contributed by atoms with Crippen LogP contribution in [0, 0.1) is 19.3 Å². The zero-order chi connectivity index (χ0) is 39.4. The number of methoxy groups -OCH3 is 1. The van der Waals surface area contributed by atoms with Crippen LogP contribution in [0.4, 0.5) is 4.79 Å². The van der Waals surface area contributed by atoms with Gasteiger partial charge in [0.15, 0.2) is 11.4 Å². The number of nitrogens with one attached hydrogen (secondary N) is 1. The number of amides is 1. The second-order valence-electron chi connectivity index (χ2n) is 15.2. The van der Waals surface area contributed by atoms with Gasteiger partial charge in [0.2, 0.25) is 0 Å². The van der Waals surface area contributed by atoms with Gasteiger partial charge in [0, 0.05) is 17.7 Å². The molecule has 2 aromatic carbocycles. The van der Waals surface area contributed by atoms with Crippen LogP contribution in [0.2, 0.25) is 10.0 Å². The maximum atomic E-state index is 13.0. The largest absolute Gasteiger partial charge is 0.513 e. The summed E-state index contributed by atoms with van der Waals surface area (Å²) in [5.74, 6) is -0.389. The number of aryl methyl sites for hydroxylation is 2. The van der Waals surface area contributed by atoms with Crippen LogP contribution in [-0.2, 0) is 38.1 Å². The number of carbonyl (C=O) groups is 4. The molecule has 1 amide bonds. The van der Waals surface area contributed by atoms with Crippen molar-refractivity contribution in [1.29, 1.82) is 0 Å². The van der Waals surface area contributed by atoms with Crippen molar-refractivity contribution in [2.24, 2.45) is 5.41 Å². The first-order valence-electron chi connectivity index (χ1n) is 18.8. The number of benzene rings is 2. The number of hydrogen-bond acceptors (Lipinski definition) is 9. The van der Waals surface area contributed by atoms with E-state index in [0.717, 1.165) is 48.8 Å². The van der Waals surface area contributed by atoms with E-state index < -0.39 is 28.7 Å². The lowest BCUT2D eigenvalue weighted by molar-refractivity contribution is -0.160. The number of ether oxygens (including phenoxy) is 5. The minimum atomic E-state index is -0.882. The summed E-state index contributed by atoms with van der Waals surface area (Å²) in [6, 6.07) is 10.8. The second kappa shape index (κ2) is 16.9. The minimum absolute atomic E-state index is 0.154. The van der Waals surface area contributed by atoms with Crippen LogP contribution in [-0.4, -0.2) is 55.0 Å². The predicted octanol–water partition coefficient (Wildman–Crippen LogP) is 9.59. The van der Waals surface area contributed by atoms with Gasteiger partial charge in [0.05, 0.1) is 34.3 Å². The third-order valence-electron chi connectivity index (χ3n) is 11.1. The first-order chi connectivity index (χ1) is 25.6. The molecule has 0 bridgehead atoms. The summed E-state index contributed by atoms with van der Waals surface area (Å²) in [6.45, 7) is 11.4. The van der Waals surface area contributed by atoms with Crippen molar-refractivity contribution in [2.75, 3.05) is 13.7 Å². The molecular weight excluding hydrogens is 733 g/mol. The molecule has 4 aliphatic rings. The van der Waals surface area contributed by atoms with E-state index in [1.54, 1.807) is 32.2 Å². The Morgan fingerprint density at radius 2 is 1.57 bits per heavy atom. The van der Waals surface area contributed by atoms with Gasteiger partial charge in [0.1, 0.15) is 11.3 Å². The van der Waals surface area contributed by atoms with Crippen LogP contribution < -0.4 is 5.32 Å². The molecule has 0 atom stereocenters. The number of halogens is 2. The summed E-state index contributed by atoms with van der Waals surface area (Å²) >= 11 is 12.4. The van der Waals surface area contributed by atoms with Crippen molar-refractivity contribution in [2.45, 2.75) is 123 Å². The highest BCUT2D eigenvalue weighted by Gasteiger charge is 2.53. The van der Waals surface area contributed by atoms with E-state index in [1.165, 1.54) is 0 Å². The van der Waals surface area contributed by atoms with Gasteiger partial charge in [-0.25, -0.2) is 9.59 Å². The van der Waals surface area contributed by atoms with Gasteiger partial charge in [-0.15, -0.1) is 0 Å². The van der Waals surface area contributed by atoms with E-state index >= 15 is 0 Å². The minimum Gasteiger partial charge on any atom is -0.447 e. The van der Waals surface area contributed by atoms with Crippen LogP contribution in [0.5, 0.6) is 0 Å². The quantitative estimate of drug-likeness (QED) is 0.206. The van der Waals surface area contributed by atoms with Crippen molar-refractivity contribution in [3.05, 3.63) is 80.2 Å². The van der Waals surface area contributed by atoms with E-state index in [9.17, 15) is 19.2 Å². The van der Waals surface area contributed by atoms with E-state index in [1.807, 2.05) is 52.8 Å². The topological polar surface area (TPSA) is 126 Å². The monoisotopic (exact) mass is 783 g/mol. The number of carbonyl (C=O) groups excluding carboxylic acids is 4. The Bertz CT molecular complexity index is 1850. The summed E-state index contributed by atoms with van der Waals surface area (Å²) in [4.78, 5) is 50.8. The second-order valence-corrected chi connectivity index (χ2v) is 16.0. The zero-order valence-electron chi connectivity index (χ0n) is 32.2. The molecule has 10 nitrogen and oxygen atoms in total. The van der Waals surface area contributed by atoms with Crippen LogP contribution in [0.1, 0.15) is 114 Å². The van der Waals surface area contributed by atoms with Gasteiger partial charge in [0.25, 0.3) is 5.91 Å². The Morgan fingerprint density at radius 3 is 2.19 bits per heavy atom. The standard InChI is InChI=1S/C21H24Cl2O4.C21H27NO5/c1-4-20(2,3)19(25)26-17-16(14-9-8-13(22)12-15(14)23)18(24)27-21(17)10-6-5-7-11-21;1-5-26-20(24)27-18-17(16-12-13(2)6-7-14(16)3)19(23)22-21(18)10-8-15(25-4)9-11-21/h8-9,12H,4-7,10-11H2,1-3H3;6-7,12,15H,5,8-11H2,1-4H3,(H,22,23). The molecule has 6 rings (SSSR count). The molecule has 12 heteroatoms. The third-order valence-corrected chi connectivity index (χ3v) is 11.6. The van der Waals surface area contributed by atoms with E-state index in [4.69, 9.17) is 46.9 Å².